The van der Waals surface area contributed by atoms with Crippen molar-refractivity contribution in [2.45, 2.75) is 33.1 Å². The van der Waals surface area contributed by atoms with Crippen molar-refractivity contribution >= 4 is 16.8 Å². The van der Waals surface area contributed by atoms with E-state index in [1.165, 1.54) is 0 Å². The molecular weight excluding hydrogens is 250 g/mol. The Balaban J connectivity index is 1.82. The number of amides is 1. The van der Waals surface area contributed by atoms with Crippen LogP contribution in [0.2, 0.25) is 0 Å². The van der Waals surface area contributed by atoms with Crippen molar-refractivity contribution < 1.29 is 4.79 Å². The Bertz CT molecular complexity index is 627. The SMILES string of the molecule is CCC1(CC)CCN(C(=O)c2ccc3cn[nH]c3c2)C1. The highest BCUT2D eigenvalue weighted by Crippen LogP contribution is 2.37. The summed E-state index contributed by atoms with van der Waals surface area (Å²) in [4.78, 5) is 14.6. The van der Waals surface area contributed by atoms with Gasteiger partial charge in [-0.05, 0) is 36.8 Å². The molecule has 2 aromatic rings. The highest BCUT2D eigenvalue weighted by molar-refractivity contribution is 5.97. The molecule has 20 heavy (non-hydrogen) atoms. The quantitative estimate of drug-likeness (QED) is 0.931. The Morgan fingerprint density at radius 3 is 2.90 bits per heavy atom. The second-order valence-corrected chi connectivity index (χ2v) is 5.86. The number of hydrogen-bond donors (Lipinski definition) is 1. The molecule has 0 atom stereocenters. The first-order chi connectivity index (χ1) is 9.67. The molecule has 1 amide bonds. The number of carbonyl (C=O) groups is 1. The number of likely N-dealkylation sites (tertiary alicyclic amines) is 1. The fourth-order valence-corrected chi connectivity index (χ4v) is 3.19. The molecule has 3 rings (SSSR count). The molecule has 106 valence electrons. The zero-order valence-corrected chi connectivity index (χ0v) is 12.1. The topological polar surface area (TPSA) is 49.0 Å². The maximum absolute atomic E-state index is 12.6. The van der Waals surface area contributed by atoms with Crippen LogP contribution in [-0.4, -0.2) is 34.1 Å². The van der Waals surface area contributed by atoms with Crippen LogP contribution in [0, 0.1) is 5.41 Å². The molecule has 0 unspecified atom stereocenters. The van der Waals surface area contributed by atoms with Crippen molar-refractivity contribution in [3.63, 3.8) is 0 Å². The van der Waals surface area contributed by atoms with Crippen LogP contribution in [0.15, 0.2) is 24.4 Å². The van der Waals surface area contributed by atoms with Gasteiger partial charge in [-0.2, -0.15) is 5.10 Å². The van der Waals surface area contributed by atoms with E-state index in [-0.39, 0.29) is 5.91 Å². The van der Waals surface area contributed by atoms with Crippen molar-refractivity contribution in [2.24, 2.45) is 5.41 Å². The van der Waals surface area contributed by atoms with Crippen molar-refractivity contribution in [3.05, 3.63) is 30.0 Å². The summed E-state index contributed by atoms with van der Waals surface area (Å²) in [6, 6.07) is 5.76. The maximum atomic E-state index is 12.6. The molecule has 0 aliphatic carbocycles. The summed E-state index contributed by atoms with van der Waals surface area (Å²) in [7, 11) is 0. The average molecular weight is 271 g/mol. The first-order valence-electron chi connectivity index (χ1n) is 7.40. The van der Waals surface area contributed by atoms with Gasteiger partial charge in [-0.1, -0.05) is 19.9 Å². The molecule has 1 aromatic carbocycles. The van der Waals surface area contributed by atoms with E-state index >= 15 is 0 Å². The lowest BCUT2D eigenvalue weighted by Crippen LogP contribution is -2.31. The number of H-pyrrole nitrogens is 1. The fourth-order valence-electron chi connectivity index (χ4n) is 3.19. The van der Waals surface area contributed by atoms with E-state index in [1.807, 2.05) is 23.1 Å². The van der Waals surface area contributed by atoms with E-state index in [1.54, 1.807) is 6.20 Å². The third-order valence-electron chi connectivity index (χ3n) is 4.91. The Kier molecular flexibility index (Phi) is 3.24. The van der Waals surface area contributed by atoms with Crippen LogP contribution < -0.4 is 0 Å². The minimum Gasteiger partial charge on any atom is -0.338 e. The summed E-state index contributed by atoms with van der Waals surface area (Å²) in [6.45, 7) is 6.23. The van der Waals surface area contributed by atoms with Crippen molar-refractivity contribution in [2.75, 3.05) is 13.1 Å². The van der Waals surface area contributed by atoms with Gasteiger partial charge >= 0.3 is 0 Å². The average Bonchev–Trinajstić information content (AvgIpc) is 3.13. The maximum Gasteiger partial charge on any atom is 0.253 e. The fraction of sp³-hybridized carbons (Fsp3) is 0.500. The lowest BCUT2D eigenvalue weighted by atomic mass is 9.82. The van der Waals surface area contributed by atoms with E-state index < -0.39 is 0 Å². The molecule has 0 spiro atoms. The summed E-state index contributed by atoms with van der Waals surface area (Å²) in [5.74, 6) is 0.144. The number of benzene rings is 1. The minimum atomic E-state index is 0.144. The number of nitrogens with zero attached hydrogens (tertiary/aromatic N) is 2. The van der Waals surface area contributed by atoms with Gasteiger partial charge in [0.1, 0.15) is 0 Å². The van der Waals surface area contributed by atoms with E-state index in [4.69, 9.17) is 0 Å². The molecule has 0 saturated carbocycles. The third kappa shape index (κ3) is 2.09. The summed E-state index contributed by atoms with van der Waals surface area (Å²) in [5, 5.41) is 7.96. The number of aromatic amines is 1. The van der Waals surface area contributed by atoms with Gasteiger partial charge in [-0.15, -0.1) is 0 Å². The van der Waals surface area contributed by atoms with Crippen molar-refractivity contribution in [1.82, 2.24) is 15.1 Å². The van der Waals surface area contributed by atoms with Gasteiger partial charge in [-0.25, -0.2) is 0 Å². The number of hydrogen-bond acceptors (Lipinski definition) is 2. The van der Waals surface area contributed by atoms with Crippen LogP contribution in [0.25, 0.3) is 10.9 Å². The second kappa shape index (κ2) is 4.93. The van der Waals surface area contributed by atoms with E-state index in [2.05, 4.69) is 24.0 Å². The number of rotatable bonds is 3. The molecule has 1 N–H and O–H groups in total. The van der Waals surface area contributed by atoms with Crippen LogP contribution in [0.1, 0.15) is 43.5 Å². The lowest BCUT2D eigenvalue weighted by Gasteiger charge is -2.26. The Hall–Kier alpha value is -1.84. The normalized spacial score (nSPS) is 17.8. The van der Waals surface area contributed by atoms with Gasteiger partial charge in [0.15, 0.2) is 0 Å². The third-order valence-corrected chi connectivity index (χ3v) is 4.91. The molecule has 4 heteroatoms. The Morgan fingerprint density at radius 2 is 2.20 bits per heavy atom. The predicted octanol–water partition coefficient (Wildman–Crippen LogP) is 3.22. The standard InChI is InChI=1S/C16H21N3O/c1-3-16(4-2)7-8-19(11-16)15(20)12-5-6-13-10-17-18-14(13)9-12/h5-6,9-10H,3-4,7-8,11H2,1-2H3,(H,17,18). The Morgan fingerprint density at radius 1 is 1.40 bits per heavy atom. The molecule has 0 radical (unpaired) electrons. The summed E-state index contributed by atoms with van der Waals surface area (Å²) in [6.07, 6.45) is 5.19. The molecule has 0 bridgehead atoms. The highest BCUT2D eigenvalue weighted by Gasteiger charge is 2.37. The van der Waals surface area contributed by atoms with Crippen LogP contribution in [0.3, 0.4) is 0 Å². The van der Waals surface area contributed by atoms with E-state index in [9.17, 15) is 4.79 Å². The number of nitrogens with one attached hydrogen (secondary N) is 1. The smallest absolute Gasteiger partial charge is 0.253 e. The van der Waals surface area contributed by atoms with Crippen LogP contribution in [0.4, 0.5) is 0 Å². The van der Waals surface area contributed by atoms with Gasteiger partial charge in [-0.3, -0.25) is 9.89 Å². The molecule has 4 nitrogen and oxygen atoms in total. The zero-order chi connectivity index (χ0) is 14.2. The largest absolute Gasteiger partial charge is 0.338 e. The predicted molar refractivity (Wildman–Crippen MR) is 79.6 cm³/mol. The Labute approximate surface area is 119 Å². The first-order valence-corrected chi connectivity index (χ1v) is 7.40. The highest BCUT2D eigenvalue weighted by atomic mass is 16.2. The summed E-state index contributed by atoms with van der Waals surface area (Å²) in [5.41, 5.74) is 2.00. The van der Waals surface area contributed by atoms with Gasteiger partial charge in [0.25, 0.3) is 5.91 Å². The van der Waals surface area contributed by atoms with Crippen molar-refractivity contribution in [1.29, 1.82) is 0 Å². The lowest BCUT2D eigenvalue weighted by molar-refractivity contribution is 0.0770. The minimum absolute atomic E-state index is 0.144. The molecule has 2 heterocycles. The number of carbonyl (C=O) groups excluding carboxylic acids is 1. The monoisotopic (exact) mass is 271 g/mol. The second-order valence-electron chi connectivity index (χ2n) is 5.86. The van der Waals surface area contributed by atoms with Crippen LogP contribution >= 0.6 is 0 Å². The molecule has 1 aromatic heterocycles. The first kappa shape index (κ1) is 13.2. The molecule has 1 aliphatic rings. The molecule has 1 saturated heterocycles. The number of aromatic nitrogens is 2. The van der Waals surface area contributed by atoms with Gasteiger partial charge < -0.3 is 4.90 Å². The van der Waals surface area contributed by atoms with Crippen molar-refractivity contribution in [3.8, 4) is 0 Å². The van der Waals surface area contributed by atoms with E-state index in [0.29, 0.717) is 5.41 Å². The van der Waals surface area contributed by atoms with E-state index in [0.717, 1.165) is 48.8 Å². The summed E-state index contributed by atoms with van der Waals surface area (Å²) < 4.78 is 0. The van der Waals surface area contributed by atoms with Gasteiger partial charge in [0.2, 0.25) is 0 Å². The van der Waals surface area contributed by atoms with Gasteiger partial charge in [0, 0.05) is 24.0 Å². The van der Waals surface area contributed by atoms with Gasteiger partial charge in [0.05, 0.1) is 11.7 Å². The molecule has 1 fully saturated rings. The number of fused-ring (bicyclic) bond motifs is 1. The zero-order valence-electron chi connectivity index (χ0n) is 12.1. The van der Waals surface area contributed by atoms with Crippen LogP contribution in [-0.2, 0) is 0 Å². The molecular formula is C16H21N3O. The summed E-state index contributed by atoms with van der Waals surface area (Å²) >= 11 is 0. The molecule has 1 aliphatic heterocycles. The van der Waals surface area contributed by atoms with Crippen LogP contribution in [0.5, 0.6) is 0 Å².